The summed E-state index contributed by atoms with van der Waals surface area (Å²) in [5.74, 6) is 2.17. The first-order valence-electron chi connectivity index (χ1n) is 6.74. The molecule has 4 heteroatoms. The van der Waals surface area contributed by atoms with Crippen LogP contribution in [0.2, 0.25) is 0 Å². The van der Waals surface area contributed by atoms with Crippen LogP contribution in [0.5, 0.6) is 17.2 Å². The Bertz CT molecular complexity index is 607. The van der Waals surface area contributed by atoms with Gasteiger partial charge in [0.15, 0.2) is 0 Å². The first kappa shape index (κ1) is 14.9. The Morgan fingerprint density at radius 3 is 2.48 bits per heavy atom. The van der Waals surface area contributed by atoms with Crippen molar-refractivity contribution in [2.24, 2.45) is 0 Å². The van der Waals surface area contributed by atoms with Crippen molar-refractivity contribution in [3.8, 4) is 17.2 Å². The van der Waals surface area contributed by atoms with E-state index >= 15 is 0 Å². The highest BCUT2D eigenvalue weighted by Gasteiger charge is 2.06. The molecule has 0 atom stereocenters. The van der Waals surface area contributed by atoms with E-state index in [1.807, 2.05) is 31.2 Å². The van der Waals surface area contributed by atoms with Gasteiger partial charge in [0.25, 0.3) is 0 Å². The van der Waals surface area contributed by atoms with Gasteiger partial charge in [-0.2, -0.15) is 0 Å². The number of aldehydes is 1. The fraction of sp³-hybridized carbons (Fsp3) is 0.235. The maximum Gasteiger partial charge on any atom is 0.150 e. The Morgan fingerprint density at radius 1 is 1.05 bits per heavy atom. The average molecular weight is 286 g/mol. The molecule has 2 rings (SSSR count). The highest BCUT2D eigenvalue weighted by molar-refractivity contribution is 5.75. The SMILES string of the molecule is CCOc1cccc(OCc2cc(C=O)ccc2OC)c1. The van der Waals surface area contributed by atoms with Crippen molar-refractivity contribution in [2.75, 3.05) is 13.7 Å². The Kier molecular flexibility index (Phi) is 5.21. The Balaban J connectivity index is 2.11. The molecule has 0 aromatic heterocycles. The van der Waals surface area contributed by atoms with Crippen molar-refractivity contribution >= 4 is 6.29 Å². The zero-order chi connectivity index (χ0) is 15.1. The second kappa shape index (κ2) is 7.33. The minimum Gasteiger partial charge on any atom is -0.496 e. The van der Waals surface area contributed by atoms with Crippen molar-refractivity contribution in [3.05, 3.63) is 53.6 Å². The number of benzene rings is 2. The molecule has 2 aromatic carbocycles. The van der Waals surface area contributed by atoms with Crippen molar-refractivity contribution in [1.82, 2.24) is 0 Å². The fourth-order valence-corrected chi connectivity index (χ4v) is 1.97. The molecule has 0 aliphatic carbocycles. The van der Waals surface area contributed by atoms with Crippen LogP contribution in [0.3, 0.4) is 0 Å². The van der Waals surface area contributed by atoms with Crippen molar-refractivity contribution in [2.45, 2.75) is 13.5 Å². The van der Waals surface area contributed by atoms with Crippen LogP contribution < -0.4 is 14.2 Å². The standard InChI is InChI=1S/C17H18O4/c1-3-20-15-5-4-6-16(10-15)21-12-14-9-13(11-18)7-8-17(14)19-2/h4-11H,3,12H2,1-2H3. The van der Waals surface area contributed by atoms with E-state index in [9.17, 15) is 4.79 Å². The molecule has 0 heterocycles. The zero-order valence-electron chi connectivity index (χ0n) is 12.2. The third-order valence-electron chi connectivity index (χ3n) is 2.95. The highest BCUT2D eigenvalue weighted by Crippen LogP contribution is 2.24. The van der Waals surface area contributed by atoms with E-state index < -0.39 is 0 Å². The summed E-state index contributed by atoms with van der Waals surface area (Å²) < 4.78 is 16.4. The van der Waals surface area contributed by atoms with Gasteiger partial charge in [-0.1, -0.05) is 6.07 Å². The van der Waals surface area contributed by atoms with E-state index in [0.717, 1.165) is 17.6 Å². The summed E-state index contributed by atoms with van der Waals surface area (Å²) in [6.07, 6.45) is 0.804. The molecule has 0 spiro atoms. The Morgan fingerprint density at radius 2 is 1.81 bits per heavy atom. The van der Waals surface area contributed by atoms with Crippen molar-refractivity contribution in [3.63, 3.8) is 0 Å². The third-order valence-corrected chi connectivity index (χ3v) is 2.95. The summed E-state index contributed by atoms with van der Waals surface area (Å²) in [4.78, 5) is 10.9. The van der Waals surface area contributed by atoms with Crippen LogP contribution >= 0.6 is 0 Å². The van der Waals surface area contributed by atoms with E-state index in [2.05, 4.69) is 0 Å². The van der Waals surface area contributed by atoms with E-state index in [4.69, 9.17) is 14.2 Å². The molecule has 0 fully saturated rings. The number of hydrogen-bond donors (Lipinski definition) is 0. The lowest BCUT2D eigenvalue weighted by Gasteiger charge is -2.11. The van der Waals surface area contributed by atoms with E-state index in [1.54, 1.807) is 25.3 Å². The van der Waals surface area contributed by atoms with Gasteiger partial charge < -0.3 is 14.2 Å². The van der Waals surface area contributed by atoms with Gasteiger partial charge in [0.2, 0.25) is 0 Å². The van der Waals surface area contributed by atoms with E-state index in [-0.39, 0.29) is 0 Å². The predicted octanol–water partition coefficient (Wildman–Crippen LogP) is 3.49. The smallest absolute Gasteiger partial charge is 0.150 e. The summed E-state index contributed by atoms with van der Waals surface area (Å²) in [7, 11) is 1.59. The fourth-order valence-electron chi connectivity index (χ4n) is 1.97. The first-order chi connectivity index (χ1) is 10.3. The predicted molar refractivity (Wildman–Crippen MR) is 80.3 cm³/mol. The van der Waals surface area contributed by atoms with E-state index in [1.165, 1.54) is 0 Å². The van der Waals surface area contributed by atoms with Gasteiger partial charge in [-0.3, -0.25) is 4.79 Å². The molecule has 4 nitrogen and oxygen atoms in total. The van der Waals surface area contributed by atoms with Gasteiger partial charge in [0.1, 0.15) is 30.1 Å². The van der Waals surface area contributed by atoms with Crippen LogP contribution in [0.4, 0.5) is 0 Å². The lowest BCUT2D eigenvalue weighted by atomic mass is 10.1. The number of carbonyl (C=O) groups excluding carboxylic acids is 1. The molecule has 0 aliphatic heterocycles. The molecular weight excluding hydrogens is 268 g/mol. The average Bonchev–Trinajstić information content (AvgIpc) is 2.53. The largest absolute Gasteiger partial charge is 0.496 e. The lowest BCUT2D eigenvalue weighted by Crippen LogP contribution is -2.00. The Labute approximate surface area is 124 Å². The monoisotopic (exact) mass is 286 g/mol. The molecule has 0 radical (unpaired) electrons. The second-order valence-corrected chi connectivity index (χ2v) is 4.39. The molecule has 110 valence electrons. The number of rotatable bonds is 7. The van der Waals surface area contributed by atoms with Crippen LogP contribution in [-0.2, 0) is 6.61 Å². The molecule has 0 aliphatic rings. The number of ether oxygens (including phenoxy) is 3. The normalized spacial score (nSPS) is 10.0. The molecule has 0 saturated heterocycles. The topological polar surface area (TPSA) is 44.8 Å². The zero-order valence-corrected chi connectivity index (χ0v) is 12.2. The molecule has 0 saturated carbocycles. The van der Waals surface area contributed by atoms with Gasteiger partial charge in [-0.25, -0.2) is 0 Å². The first-order valence-corrected chi connectivity index (χ1v) is 6.74. The minimum atomic E-state index is 0.320. The maximum atomic E-state index is 10.9. The summed E-state index contributed by atoms with van der Waals surface area (Å²) >= 11 is 0. The van der Waals surface area contributed by atoms with Crippen molar-refractivity contribution < 1.29 is 19.0 Å². The van der Waals surface area contributed by atoms with Gasteiger partial charge in [-0.15, -0.1) is 0 Å². The number of carbonyl (C=O) groups is 1. The van der Waals surface area contributed by atoms with E-state index in [0.29, 0.717) is 30.3 Å². The van der Waals surface area contributed by atoms with Gasteiger partial charge >= 0.3 is 0 Å². The second-order valence-electron chi connectivity index (χ2n) is 4.39. The molecular formula is C17H18O4. The highest BCUT2D eigenvalue weighted by atomic mass is 16.5. The van der Waals surface area contributed by atoms with Crippen LogP contribution in [0.1, 0.15) is 22.8 Å². The molecule has 0 bridgehead atoms. The quantitative estimate of drug-likeness (QED) is 0.731. The van der Waals surface area contributed by atoms with Crippen LogP contribution in [0, 0.1) is 0 Å². The van der Waals surface area contributed by atoms with Crippen LogP contribution in [0.15, 0.2) is 42.5 Å². The third kappa shape index (κ3) is 3.99. The molecule has 0 N–H and O–H groups in total. The van der Waals surface area contributed by atoms with Crippen LogP contribution in [-0.4, -0.2) is 20.0 Å². The summed E-state index contributed by atoms with van der Waals surface area (Å²) in [5.41, 5.74) is 1.42. The summed E-state index contributed by atoms with van der Waals surface area (Å²) in [6.45, 7) is 2.86. The molecule has 2 aromatic rings. The molecule has 21 heavy (non-hydrogen) atoms. The molecule has 0 amide bonds. The van der Waals surface area contributed by atoms with Gasteiger partial charge in [-0.05, 0) is 37.3 Å². The summed E-state index contributed by atoms with van der Waals surface area (Å²) in [5, 5.41) is 0. The van der Waals surface area contributed by atoms with Gasteiger partial charge in [0, 0.05) is 17.2 Å². The maximum absolute atomic E-state index is 10.9. The number of hydrogen-bond acceptors (Lipinski definition) is 4. The lowest BCUT2D eigenvalue weighted by molar-refractivity contribution is 0.112. The molecule has 0 unspecified atom stereocenters. The van der Waals surface area contributed by atoms with Gasteiger partial charge in [0.05, 0.1) is 13.7 Å². The number of methoxy groups -OCH3 is 1. The van der Waals surface area contributed by atoms with Crippen molar-refractivity contribution in [1.29, 1.82) is 0 Å². The minimum absolute atomic E-state index is 0.320. The van der Waals surface area contributed by atoms with Crippen LogP contribution in [0.25, 0.3) is 0 Å². The Hall–Kier alpha value is -2.49. The summed E-state index contributed by atoms with van der Waals surface area (Å²) in [6, 6.07) is 12.7.